The minimum absolute atomic E-state index is 0.0444. The number of hydrogen-bond donors (Lipinski definition) is 0. The molecule has 30 heavy (non-hydrogen) atoms. The van der Waals surface area contributed by atoms with Gasteiger partial charge in [-0.15, -0.1) is 0 Å². The van der Waals surface area contributed by atoms with Crippen LogP contribution in [0, 0.1) is 6.92 Å². The Bertz CT molecular complexity index is 1100. The molecule has 2 fully saturated rings. The zero-order valence-corrected chi connectivity index (χ0v) is 18.7. The number of sulfone groups is 1. The van der Waals surface area contributed by atoms with Crippen molar-refractivity contribution in [3.05, 3.63) is 54.1 Å². The molecule has 4 rings (SSSR count). The number of hydrogen-bond acceptors (Lipinski definition) is 5. The lowest BCUT2D eigenvalue weighted by atomic mass is 10.0. The number of benzene rings is 2. The zero-order chi connectivity index (χ0) is 21.4. The fourth-order valence-electron chi connectivity index (χ4n) is 4.11. The van der Waals surface area contributed by atoms with Gasteiger partial charge in [0, 0.05) is 13.1 Å². The maximum atomic E-state index is 12.9. The van der Waals surface area contributed by atoms with Gasteiger partial charge in [-0.3, -0.25) is 0 Å². The molecule has 1 saturated heterocycles. The van der Waals surface area contributed by atoms with Crippen LogP contribution in [0.5, 0.6) is 11.5 Å². The van der Waals surface area contributed by atoms with Crippen LogP contribution in [0.3, 0.4) is 0 Å². The molecular weight excluding hydrogens is 422 g/mol. The van der Waals surface area contributed by atoms with Gasteiger partial charge < -0.3 is 4.74 Å². The van der Waals surface area contributed by atoms with Gasteiger partial charge in [0.25, 0.3) is 0 Å². The Kier molecular flexibility index (Phi) is 5.92. The zero-order valence-electron chi connectivity index (χ0n) is 17.0. The van der Waals surface area contributed by atoms with Gasteiger partial charge in [-0.2, -0.15) is 4.31 Å². The molecule has 0 N–H and O–H groups in total. The average molecular weight is 450 g/mol. The topological polar surface area (TPSA) is 80.8 Å². The molecule has 0 unspecified atom stereocenters. The Morgan fingerprint density at radius 3 is 2.13 bits per heavy atom. The van der Waals surface area contributed by atoms with Crippen LogP contribution in [0.4, 0.5) is 0 Å². The predicted molar refractivity (Wildman–Crippen MR) is 116 cm³/mol. The molecular formula is C22H27NO5S2. The summed E-state index contributed by atoms with van der Waals surface area (Å²) in [5.74, 6) is 1.23. The fourth-order valence-corrected chi connectivity index (χ4v) is 8.14. The highest BCUT2D eigenvalue weighted by Gasteiger charge is 2.46. The summed E-state index contributed by atoms with van der Waals surface area (Å²) in [6, 6.07) is 13.8. The fraction of sp³-hybridized carbons (Fsp3) is 0.455. The first-order chi connectivity index (χ1) is 14.3. The van der Waals surface area contributed by atoms with Crippen molar-refractivity contribution >= 4 is 19.9 Å². The third-order valence-corrected chi connectivity index (χ3v) is 10.5. The van der Waals surface area contributed by atoms with Gasteiger partial charge in [0.05, 0.1) is 15.4 Å². The van der Waals surface area contributed by atoms with Gasteiger partial charge in [0.15, 0.2) is 9.84 Å². The van der Waals surface area contributed by atoms with Crippen molar-refractivity contribution in [1.29, 1.82) is 0 Å². The van der Waals surface area contributed by atoms with Crippen molar-refractivity contribution in [2.24, 2.45) is 0 Å². The Hall–Kier alpha value is -1.90. The lowest BCUT2D eigenvalue weighted by Gasteiger charge is -2.39. The van der Waals surface area contributed by atoms with Crippen LogP contribution in [-0.4, -0.2) is 44.7 Å². The summed E-state index contributed by atoms with van der Waals surface area (Å²) in [6.45, 7) is 2.06. The molecule has 1 heterocycles. The Labute approximate surface area is 178 Å². The molecule has 1 aliphatic heterocycles. The summed E-state index contributed by atoms with van der Waals surface area (Å²) >= 11 is 0. The Balaban J connectivity index is 1.41. The van der Waals surface area contributed by atoms with Crippen LogP contribution >= 0.6 is 0 Å². The molecule has 0 atom stereocenters. The summed E-state index contributed by atoms with van der Waals surface area (Å²) in [7, 11) is -6.98. The lowest BCUT2D eigenvalue weighted by Crippen LogP contribution is -2.58. The van der Waals surface area contributed by atoms with E-state index >= 15 is 0 Å². The smallest absolute Gasteiger partial charge is 0.243 e. The maximum absolute atomic E-state index is 12.9. The first-order valence-electron chi connectivity index (χ1n) is 10.3. The highest BCUT2D eigenvalue weighted by Crippen LogP contribution is 2.33. The van der Waals surface area contributed by atoms with Crippen LogP contribution in [0.15, 0.2) is 53.4 Å². The van der Waals surface area contributed by atoms with Crippen molar-refractivity contribution in [3.8, 4) is 11.5 Å². The minimum atomic E-state index is -3.71. The molecule has 0 amide bonds. The molecule has 162 valence electrons. The second kappa shape index (κ2) is 8.32. The quantitative estimate of drug-likeness (QED) is 0.668. The van der Waals surface area contributed by atoms with Crippen molar-refractivity contribution in [2.75, 3.05) is 13.1 Å². The van der Waals surface area contributed by atoms with E-state index in [2.05, 4.69) is 0 Å². The summed E-state index contributed by atoms with van der Waals surface area (Å²) < 4.78 is 58.3. The van der Waals surface area contributed by atoms with E-state index in [1.807, 2.05) is 31.2 Å². The molecule has 1 aliphatic carbocycles. The van der Waals surface area contributed by atoms with Gasteiger partial charge in [-0.25, -0.2) is 16.8 Å². The van der Waals surface area contributed by atoms with Gasteiger partial charge in [-0.05, 0) is 61.7 Å². The van der Waals surface area contributed by atoms with E-state index in [-0.39, 0.29) is 23.2 Å². The van der Waals surface area contributed by atoms with E-state index < -0.39 is 25.1 Å². The first kappa shape index (κ1) is 21.3. The van der Waals surface area contributed by atoms with E-state index in [0.717, 1.165) is 24.8 Å². The maximum Gasteiger partial charge on any atom is 0.243 e. The highest BCUT2D eigenvalue weighted by atomic mass is 32.2. The van der Waals surface area contributed by atoms with Crippen LogP contribution in [0.2, 0.25) is 0 Å². The standard InChI is InChI=1S/C22H27NO5S2/c1-17-6-5-7-19(14-17)28-18-10-12-21(13-11-18)30(26,27)23-15-22(16-23)29(24,25)20-8-3-2-4-9-20/h5-7,10-14,20,22H,2-4,8-9,15-16H2,1H3. The SMILES string of the molecule is Cc1cccc(Oc2ccc(S(=O)(=O)N3CC(S(=O)(=O)C4CCCCC4)C3)cc2)c1. The van der Waals surface area contributed by atoms with E-state index in [1.165, 1.54) is 16.4 Å². The molecule has 2 aromatic carbocycles. The molecule has 0 bridgehead atoms. The monoisotopic (exact) mass is 449 g/mol. The van der Waals surface area contributed by atoms with Crippen LogP contribution in [-0.2, 0) is 19.9 Å². The summed E-state index contributed by atoms with van der Waals surface area (Å²) in [5, 5.41) is -0.890. The van der Waals surface area contributed by atoms with Crippen LogP contribution < -0.4 is 4.74 Å². The number of rotatable bonds is 6. The second-order valence-electron chi connectivity index (χ2n) is 8.18. The van der Waals surface area contributed by atoms with Gasteiger partial charge in [0.2, 0.25) is 10.0 Å². The minimum Gasteiger partial charge on any atom is -0.457 e. The molecule has 2 aliphatic rings. The van der Waals surface area contributed by atoms with E-state index in [0.29, 0.717) is 24.3 Å². The number of sulfonamides is 1. The molecule has 6 nitrogen and oxygen atoms in total. The Morgan fingerprint density at radius 2 is 1.50 bits per heavy atom. The molecule has 1 saturated carbocycles. The largest absolute Gasteiger partial charge is 0.457 e. The predicted octanol–water partition coefficient (Wildman–Crippen LogP) is 3.91. The second-order valence-corrected chi connectivity index (χ2v) is 12.6. The summed E-state index contributed by atoms with van der Waals surface area (Å²) in [5.41, 5.74) is 1.07. The Morgan fingerprint density at radius 1 is 0.833 bits per heavy atom. The molecule has 0 spiro atoms. The summed E-state index contributed by atoms with van der Waals surface area (Å²) in [4.78, 5) is 0.146. The molecule has 0 aromatic heterocycles. The van der Waals surface area contributed by atoms with Crippen molar-refractivity contribution in [1.82, 2.24) is 4.31 Å². The van der Waals surface area contributed by atoms with E-state index in [9.17, 15) is 16.8 Å². The first-order valence-corrected chi connectivity index (χ1v) is 13.4. The van der Waals surface area contributed by atoms with Gasteiger partial charge in [0.1, 0.15) is 11.5 Å². The highest BCUT2D eigenvalue weighted by molar-refractivity contribution is 7.93. The van der Waals surface area contributed by atoms with Crippen molar-refractivity contribution < 1.29 is 21.6 Å². The number of nitrogens with zero attached hydrogens (tertiary/aromatic N) is 1. The summed E-state index contributed by atoms with van der Waals surface area (Å²) in [6.07, 6.45) is 4.37. The number of aryl methyl sites for hydroxylation is 1. The molecule has 8 heteroatoms. The van der Waals surface area contributed by atoms with E-state index in [4.69, 9.17) is 4.74 Å². The van der Waals surface area contributed by atoms with Gasteiger partial charge >= 0.3 is 0 Å². The molecule has 2 aromatic rings. The number of ether oxygens (including phenoxy) is 1. The van der Waals surface area contributed by atoms with Crippen molar-refractivity contribution in [2.45, 2.75) is 54.4 Å². The third-order valence-electron chi connectivity index (χ3n) is 5.98. The van der Waals surface area contributed by atoms with E-state index in [1.54, 1.807) is 12.1 Å². The van der Waals surface area contributed by atoms with Crippen molar-refractivity contribution in [3.63, 3.8) is 0 Å². The third kappa shape index (κ3) is 4.26. The van der Waals surface area contributed by atoms with Crippen LogP contribution in [0.1, 0.15) is 37.7 Å². The lowest BCUT2D eigenvalue weighted by molar-refractivity contribution is 0.306. The average Bonchev–Trinajstić information content (AvgIpc) is 2.67. The molecule has 0 radical (unpaired) electrons. The van der Waals surface area contributed by atoms with Gasteiger partial charge in [-0.1, -0.05) is 31.4 Å². The normalized spacial score (nSPS) is 19.4. The van der Waals surface area contributed by atoms with Crippen LogP contribution in [0.25, 0.3) is 0 Å².